The SMILES string of the molecule is Cc1c[nH]c(=O)n1-c1ccccc1NC(=O)c1cccc(S(=O)(=O)N2CC(C)CC(C)C2)c1. The molecule has 1 saturated heterocycles. The molecule has 1 fully saturated rings. The fraction of sp³-hybridized carbons (Fsp3) is 0.333. The Balaban J connectivity index is 1.62. The molecule has 2 atom stereocenters. The Kier molecular flexibility index (Phi) is 6.27. The van der Waals surface area contributed by atoms with Crippen LogP contribution in [0, 0.1) is 18.8 Å². The van der Waals surface area contributed by atoms with E-state index in [1.54, 1.807) is 49.5 Å². The van der Waals surface area contributed by atoms with E-state index in [2.05, 4.69) is 24.1 Å². The number of nitrogens with one attached hydrogen (secondary N) is 2. The van der Waals surface area contributed by atoms with Crippen molar-refractivity contribution in [2.45, 2.75) is 32.1 Å². The Bertz CT molecular complexity index is 1330. The van der Waals surface area contributed by atoms with Crippen molar-refractivity contribution in [2.75, 3.05) is 18.4 Å². The van der Waals surface area contributed by atoms with Crippen LogP contribution in [0.15, 0.2) is 64.4 Å². The van der Waals surface area contributed by atoms with Crippen LogP contribution in [0.4, 0.5) is 5.69 Å². The summed E-state index contributed by atoms with van der Waals surface area (Å²) in [5.74, 6) is 0.111. The van der Waals surface area contributed by atoms with Gasteiger partial charge in [-0.3, -0.25) is 9.36 Å². The molecule has 3 aromatic rings. The van der Waals surface area contributed by atoms with Gasteiger partial charge in [0, 0.05) is 30.5 Å². The van der Waals surface area contributed by atoms with E-state index in [4.69, 9.17) is 0 Å². The minimum Gasteiger partial charge on any atom is -0.320 e. The molecular weight excluding hydrogens is 440 g/mol. The predicted molar refractivity (Wildman–Crippen MR) is 127 cm³/mol. The van der Waals surface area contributed by atoms with Crippen LogP contribution in [0.2, 0.25) is 0 Å². The summed E-state index contributed by atoms with van der Waals surface area (Å²) in [6, 6.07) is 13.0. The van der Waals surface area contributed by atoms with Crippen LogP contribution < -0.4 is 11.0 Å². The summed E-state index contributed by atoms with van der Waals surface area (Å²) in [5.41, 5.74) is 1.57. The lowest BCUT2D eigenvalue weighted by Gasteiger charge is -2.34. The number of aryl methyl sites for hydroxylation is 1. The Morgan fingerprint density at radius 1 is 1.06 bits per heavy atom. The van der Waals surface area contributed by atoms with Crippen molar-refractivity contribution in [3.8, 4) is 5.69 Å². The number of sulfonamides is 1. The molecule has 0 spiro atoms. The van der Waals surface area contributed by atoms with Gasteiger partial charge in [0.2, 0.25) is 10.0 Å². The monoisotopic (exact) mass is 468 g/mol. The summed E-state index contributed by atoms with van der Waals surface area (Å²) >= 11 is 0. The first-order valence-corrected chi connectivity index (χ1v) is 12.4. The molecule has 0 saturated carbocycles. The molecule has 1 amide bonds. The van der Waals surface area contributed by atoms with Crippen LogP contribution in [0.1, 0.15) is 36.3 Å². The summed E-state index contributed by atoms with van der Waals surface area (Å²) in [5, 5.41) is 2.82. The number of anilines is 1. The lowest BCUT2D eigenvalue weighted by Crippen LogP contribution is -2.42. The average Bonchev–Trinajstić information content (AvgIpc) is 3.11. The minimum atomic E-state index is -3.71. The van der Waals surface area contributed by atoms with Crippen molar-refractivity contribution in [2.24, 2.45) is 11.8 Å². The molecule has 2 aromatic carbocycles. The van der Waals surface area contributed by atoms with Gasteiger partial charge >= 0.3 is 5.69 Å². The Morgan fingerprint density at radius 3 is 2.42 bits per heavy atom. The maximum absolute atomic E-state index is 13.2. The molecule has 174 valence electrons. The number of hydrogen-bond acceptors (Lipinski definition) is 4. The molecule has 0 aliphatic carbocycles. The van der Waals surface area contributed by atoms with Gasteiger partial charge in [-0.15, -0.1) is 0 Å². The first kappa shape index (κ1) is 23.0. The van der Waals surface area contributed by atoms with Crippen LogP contribution in [-0.4, -0.2) is 41.3 Å². The summed E-state index contributed by atoms with van der Waals surface area (Å²) < 4.78 is 29.5. The molecule has 8 nitrogen and oxygen atoms in total. The quantitative estimate of drug-likeness (QED) is 0.599. The van der Waals surface area contributed by atoms with Crippen molar-refractivity contribution in [1.29, 1.82) is 0 Å². The maximum Gasteiger partial charge on any atom is 0.330 e. The van der Waals surface area contributed by atoms with Crippen LogP contribution >= 0.6 is 0 Å². The highest BCUT2D eigenvalue weighted by Crippen LogP contribution is 2.27. The van der Waals surface area contributed by atoms with Crippen LogP contribution in [-0.2, 0) is 10.0 Å². The zero-order valence-corrected chi connectivity index (χ0v) is 19.7. The number of piperidine rings is 1. The number of aromatic nitrogens is 2. The maximum atomic E-state index is 13.2. The lowest BCUT2D eigenvalue weighted by molar-refractivity contribution is 0.102. The topological polar surface area (TPSA) is 104 Å². The highest BCUT2D eigenvalue weighted by molar-refractivity contribution is 7.89. The number of imidazole rings is 1. The third-order valence-electron chi connectivity index (χ3n) is 5.92. The van der Waals surface area contributed by atoms with Gasteiger partial charge in [-0.1, -0.05) is 32.0 Å². The predicted octanol–water partition coefficient (Wildman–Crippen LogP) is 3.39. The van der Waals surface area contributed by atoms with E-state index in [1.165, 1.54) is 21.0 Å². The standard InChI is InChI=1S/C24H28N4O4S/c1-16-11-17(2)15-27(14-16)33(31,32)20-8-6-7-19(12-20)23(29)26-21-9-4-5-10-22(21)28-18(3)13-25-24(28)30/h4-10,12-13,16-17H,11,14-15H2,1-3H3,(H,25,30)(H,26,29). The fourth-order valence-electron chi connectivity index (χ4n) is 4.47. The number of amides is 1. The Hall–Kier alpha value is -3.17. The minimum absolute atomic E-state index is 0.0995. The van der Waals surface area contributed by atoms with E-state index in [9.17, 15) is 18.0 Å². The number of carbonyl (C=O) groups is 1. The molecule has 2 unspecified atom stereocenters. The number of aromatic amines is 1. The molecule has 9 heteroatoms. The molecule has 33 heavy (non-hydrogen) atoms. The lowest BCUT2D eigenvalue weighted by atomic mass is 9.94. The molecule has 1 aliphatic heterocycles. The molecule has 0 bridgehead atoms. The molecule has 1 aliphatic rings. The van der Waals surface area contributed by atoms with E-state index >= 15 is 0 Å². The highest BCUT2D eigenvalue weighted by atomic mass is 32.2. The smallest absolute Gasteiger partial charge is 0.320 e. The van der Waals surface area contributed by atoms with Crippen LogP contribution in [0.5, 0.6) is 0 Å². The van der Waals surface area contributed by atoms with E-state index in [0.29, 0.717) is 30.2 Å². The van der Waals surface area contributed by atoms with E-state index in [1.807, 2.05) is 0 Å². The van der Waals surface area contributed by atoms with Crippen LogP contribution in [0.3, 0.4) is 0 Å². The molecule has 4 rings (SSSR count). The zero-order valence-electron chi connectivity index (χ0n) is 18.9. The number of hydrogen-bond donors (Lipinski definition) is 2. The first-order valence-electron chi connectivity index (χ1n) is 10.9. The van der Waals surface area contributed by atoms with Gasteiger partial charge < -0.3 is 10.3 Å². The number of carbonyl (C=O) groups excluding carboxylic acids is 1. The normalized spacial score (nSPS) is 19.4. The van der Waals surface area contributed by atoms with Gasteiger partial charge in [0.05, 0.1) is 16.3 Å². The molecule has 2 N–H and O–H groups in total. The summed E-state index contributed by atoms with van der Waals surface area (Å²) in [4.78, 5) is 28.0. The molecule has 1 aromatic heterocycles. The van der Waals surface area contributed by atoms with Crippen molar-refractivity contribution in [3.63, 3.8) is 0 Å². The van der Waals surface area contributed by atoms with Gasteiger partial charge in [0.25, 0.3) is 5.91 Å². The molecule has 2 heterocycles. The second-order valence-electron chi connectivity index (χ2n) is 8.84. The molecule has 0 radical (unpaired) electrons. The van der Waals surface area contributed by atoms with E-state index in [-0.39, 0.29) is 28.0 Å². The zero-order chi connectivity index (χ0) is 23.8. The van der Waals surface area contributed by atoms with E-state index < -0.39 is 15.9 Å². The largest absolute Gasteiger partial charge is 0.330 e. The number of para-hydroxylation sites is 2. The van der Waals surface area contributed by atoms with Crippen molar-refractivity contribution in [1.82, 2.24) is 13.9 Å². The Labute approximate surface area is 193 Å². The third-order valence-corrected chi connectivity index (χ3v) is 7.75. The molecular formula is C24H28N4O4S. The fourth-order valence-corrected chi connectivity index (χ4v) is 6.20. The average molecular weight is 469 g/mol. The number of benzene rings is 2. The summed E-state index contributed by atoms with van der Waals surface area (Å²) in [7, 11) is -3.71. The first-order chi connectivity index (χ1) is 15.7. The summed E-state index contributed by atoms with van der Waals surface area (Å²) in [6.07, 6.45) is 2.59. The summed E-state index contributed by atoms with van der Waals surface area (Å²) in [6.45, 7) is 6.84. The van der Waals surface area contributed by atoms with Gasteiger partial charge in [-0.05, 0) is 55.5 Å². The van der Waals surface area contributed by atoms with Gasteiger partial charge in [-0.2, -0.15) is 4.31 Å². The van der Waals surface area contributed by atoms with E-state index in [0.717, 1.165) is 6.42 Å². The second-order valence-corrected chi connectivity index (χ2v) is 10.8. The van der Waals surface area contributed by atoms with Crippen LogP contribution in [0.25, 0.3) is 5.69 Å². The number of H-pyrrole nitrogens is 1. The van der Waals surface area contributed by atoms with Gasteiger partial charge in [0.1, 0.15) is 0 Å². The van der Waals surface area contributed by atoms with Crippen molar-refractivity contribution >= 4 is 21.6 Å². The Morgan fingerprint density at radius 2 is 1.76 bits per heavy atom. The highest BCUT2D eigenvalue weighted by Gasteiger charge is 2.32. The number of rotatable bonds is 5. The van der Waals surface area contributed by atoms with Crippen molar-refractivity contribution in [3.05, 3.63) is 76.5 Å². The number of nitrogens with zero attached hydrogens (tertiary/aromatic N) is 2. The van der Waals surface area contributed by atoms with Crippen molar-refractivity contribution < 1.29 is 13.2 Å². The van der Waals surface area contributed by atoms with Gasteiger partial charge in [0.15, 0.2) is 0 Å². The second kappa shape index (κ2) is 8.99. The van der Waals surface area contributed by atoms with Gasteiger partial charge in [-0.25, -0.2) is 13.2 Å². The third kappa shape index (κ3) is 4.65.